The predicted octanol–water partition coefficient (Wildman–Crippen LogP) is 4.91. The van der Waals surface area contributed by atoms with Crippen LogP contribution in [0.1, 0.15) is 40.5 Å². The van der Waals surface area contributed by atoms with Crippen molar-refractivity contribution in [2.45, 2.75) is 25.3 Å². The smallest absolute Gasteiger partial charge is 0.257 e. The summed E-state index contributed by atoms with van der Waals surface area (Å²) >= 11 is 6.25. The highest BCUT2D eigenvalue weighted by Gasteiger charge is 2.28. The van der Waals surface area contributed by atoms with Crippen LogP contribution in [0.5, 0.6) is 0 Å². The highest BCUT2D eigenvalue weighted by atomic mass is 35.5. The number of rotatable bonds is 2. The minimum absolute atomic E-state index is 0.335. The van der Waals surface area contributed by atoms with Gasteiger partial charge in [0.05, 0.1) is 16.6 Å². The van der Waals surface area contributed by atoms with E-state index in [-0.39, 0.29) is 6.04 Å². The van der Waals surface area contributed by atoms with Gasteiger partial charge in [0.2, 0.25) is 0 Å². The van der Waals surface area contributed by atoms with Crippen molar-refractivity contribution in [1.29, 1.82) is 0 Å². The van der Waals surface area contributed by atoms with E-state index >= 15 is 0 Å². The van der Waals surface area contributed by atoms with E-state index in [4.69, 9.17) is 11.6 Å². The molecule has 128 valence electrons. The number of para-hydroxylation sites is 1. The third-order valence-electron chi connectivity index (χ3n) is 4.69. The zero-order valence-electron chi connectivity index (χ0n) is 13.2. The quantitative estimate of drug-likeness (QED) is 0.670. The Bertz CT molecular complexity index is 963. The molecule has 0 radical (unpaired) electrons. The van der Waals surface area contributed by atoms with Crippen LogP contribution in [0.3, 0.4) is 0 Å². The molecule has 0 unspecified atom stereocenters. The van der Waals surface area contributed by atoms with Crippen LogP contribution in [0.15, 0.2) is 36.4 Å². The van der Waals surface area contributed by atoms with Gasteiger partial charge in [0.1, 0.15) is 17.2 Å². The summed E-state index contributed by atoms with van der Waals surface area (Å²) in [6, 6.07) is 8.72. The summed E-state index contributed by atoms with van der Waals surface area (Å²) in [7, 11) is 0. The fraction of sp³-hybridized carbons (Fsp3) is 0.211. The molecular formula is C19H15ClF2N2O. The van der Waals surface area contributed by atoms with Crippen molar-refractivity contribution < 1.29 is 13.6 Å². The number of hydrogen-bond acceptors (Lipinski definition) is 1. The summed E-state index contributed by atoms with van der Waals surface area (Å²) in [5, 5.41) is 4.40. The lowest BCUT2D eigenvalue weighted by molar-refractivity contribution is 0.0923. The van der Waals surface area contributed by atoms with Crippen LogP contribution in [-0.2, 0) is 6.42 Å². The standard InChI is InChI=1S/C19H15ClF2N2O/c20-12-6-1-4-10-11-5-2-9-15(18(11)24-17(10)12)23-19(25)16-13(21)7-3-8-14(16)22/h1,3-4,6-8,15,24H,2,5,9H2,(H,23,25)/t15-/m1/s1. The molecule has 1 heterocycles. The number of carbonyl (C=O) groups is 1. The molecule has 1 amide bonds. The van der Waals surface area contributed by atoms with Gasteiger partial charge in [-0.3, -0.25) is 4.79 Å². The maximum atomic E-state index is 13.8. The molecule has 1 atom stereocenters. The summed E-state index contributed by atoms with van der Waals surface area (Å²) in [4.78, 5) is 15.7. The van der Waals surface area contributed by atoms with E-state index in [1.807, 2.05) is 12.1 Å². The Labute approximate surface area is 148 Å². The first-order chi connectivity index (χ1) is 12.1. The Morgan fingerprint density at radius 2 is 1.88 bits per heavy atom. The van der Waals surface area contributed by atoms with Crippen molar-refractivity contribution in [3.8, 4) is 0 Å². The highest BCUT2D eigenvalue weighted by molar-refractivity contribution is 6.35. The normalized spacial score (nSPS) is 16.7. The van der Waals surface area contributed by atoms with Gasteiger partial charge in [0.15, 0.2) is 0 Å². The van der Waals surface area contributed by atoms with E-state index in [9.17, 15) is 13.6 Å². The molecular weight excluding hydrogens is 346 g/mol. The third-order valence-corrected chi connectivity index (χ3v) is 5.00. The van der Waals surface area contributed by atoms with Gasteiger partial charge in [0, 0.05) is 11.1 Å². The van der Waals surface area contributed by atoms with Gasteiger partial charge in [-0.15, -0.1) is 0 Å². The number of aromatic amines is 1. The molecule has 0 spiro atoms. The summed E-state index contributed by atoms with van der Waals surface area (Å²) in [5.41, 5.74) is 2.23. The van der Waals surface area contributed by atoms with Gasteiger partial charge in [-0.2, -0.15) is 0 Å². The van der Waals surface area contributed by atoms with Crippen molar-refractivity contribution in [3.05, 3.63) is 69.9 Å². The number of hydrogen-bond donors (Lipinski definition) is 2. The van der Waals surface area contributed by atoms with Gasteiger partial charge in [0.25, 0.3) is 5.91 Å². The van der Waals surface area contributed by atoms with Gasteiger partial charge in [-0.05, 0) is 43.0 Å². The van der Waals surface area contributed by atoms with E-state index in [0.717, 1.165) is 47.1 Å². The number of halogens is 3. The predicted molar refractivity (Wildman–Crippen MR) is 92.8 cm³/mol. The second-order valence-electron chi connectivity index (χ2n) is 6.19. The number of amides is 1. The van der Waals surface area contributed by atoms with Crippen LogP contribution >= 0.6 is 11.6 Å². The zero-order chi connectivity index (χ0) is 17.6. The summed E-state index contributed by atoms with van der Waals surface area (Å²) in [6.07, 6.45) is 2.44. The van der Waals surface area contributed by atoms with Crippen molar-refractivity contribution in [3.63, 3.8) is 0 Å². The summed E-state index contributed by atoms with van der Waals surface area (Å²) < 4.78 is 27.7. The first kappa shape index (κ1) is 16.1. The average molecular weight is 361 g/mol. The van der Waals surface area contributed by atoms with Gasteiger partial charge < -0.3 is 10.3 Å². The zero-order valence-corrected chi connectivity index (χ0v) is 14.0. The molecule has 3 aromatic rings. The molecule has 1 aliphatic carbocycles. The lowest BCUT2D eigenvalue weighted by Gasteiger charge is -2.24. The Balaban J connectivity index is 1.71. The number of H-pyrrole nitrogens is 1. The fourth-order valence-corrected chi connectivity index (χ4v) is 3.76. The summed E-state index contributed by atoms with van der Waals surface area (Å²) in [5.74, 6) is -2.49. The molecule has 0 bridgehead atoms. The topological polar surface area (TPSA) is 44.9 Å². The van der Waals surface area contributed by atoms with Gasteiger partial charge in [-0.1, -0.05) is 29.8 Å². The van der Waals surface area contributed by atoms with Crippen LogP contribution < -0.4 is 5.32 Å². The molecule has 25 heavy (non-hydrogen) atoms. The number of aromatic nitrogens is 1. The second-order valence-corrected chi connectivity index (χ2v) is 6.60. The Hall–Kier alpha value is -2.40. The number of nitrogens with one attached hydrogen (secondary N) is 2. The van der Waals surface area contributed by atoms with Crippen LogP contribution in [0.25, 0.3) is 10.9 Å². The minimum atomic E-state index is -0.867. The van der Waals surface area contributed by atoms with E-state index in [2.05, 4.69) is 10.3 Å². The van der Waals surface area contributed by atoms with Crippen LogP contribution in [0, 0.1) is 11.6 Å². The minimum Gasteiger partial charge on any atom is -0.355 e. The largest absolute Gasteiger partial charge is 0.355 e. The molecule has 2 N–H and O–H groups in total. The molecule has 3 nitrogen and oxygen atoms in total. The third kappa shape index (κ3) is 2.68. The monoisotopic (exact) mass is 360 g/mol. The SMILES string of the molecule is O=C(N[C@@H]1CCCc2c1[nH]c1c(Cl)cccc21)c1c(F)cccc1F. The number of aryl methyl sites for hydroxylation is 1. The molecule has 0 fully saturated rings. The van der Waals surface area contributed by atoms with Crippen molar-refractivity contribution >= 4 is 28.4 Å². The van der Waals surface area contributed by atoms with Crippen molar-refractivity contribution in [1.82, 2.24) is 10.3 Å². The van der Waals surface area contributed by atoms with E-state index in [1.54, 1.807) is 6.07 Å². The molecule has 1 aromatic heterocycles. The average Bonchev–Trinajstić information content (AvgIpc) is 2.96. The van der Waals surface area contributed by atoms with E-state index in [0.29, 0.717) is 11.4 Å². The van der Waals surface area contributed by atoms with Gasteiger partial charge >= 0.3 is 0 Å². The first-order valence-corrected chi connectivity index (χ1v) is 8.48. The Morgan fingerprint density at radius 1 is 1.16 bits per heavy atom. The van der Waals surface area contributed by atoms with Crippen LogP contribution in [0.4, 0.5) is 8.78 Å². The molecule has 4 rings (SSSR count). The second kappa shape index (κ2) is 6.15. The van der Waals surface area contributed by atoms with E-state index < -0.39 is 23.1 Å². The molecule has 1 aliphatic rings. The Morgan fingerprint density at radius 3 is 2.64 bits per heavy atom. The van der Waals surface area contributed by atoms with E-state index in [1.165, 1.54) is 6.07 Å². The molecule has 6 heteroatoms. The van der Waals surface area contributed by atoms with Crippen LogP contribution in [-0.4, -0.2) is 10.9 Å². The van der Waals surface area contributed by atoms with Crippen molar-refractivity contribution in [2.75, 3.05) is 0 Å². The molecule has 0 aliphatic heterocycles. The molecule has 0 saturated carbocycles. The lowest BCUT2D eigenvalue weighted by Crippen LogP contribution is -2.32. The fourth-order valence-electron chi connectivity index (χ4n) is 3.54. The number of carbonyl (C=O) groups excluding carboxylic acids is 1. The van der Waals surface area contributed by atoms with Crippen LogP contribution in [0.2, 0.25) is 5.02 Å². The molecule has 0 saturated heterocycles. The van der Waals surface area contributed by atoms with Gasteiger partial charge in [-0.25, -0.2) is 8.78 Å². The maximum absolute atomic E-state index is 13.8. The highest BCUT2D eigenvalue weighted by Crippen LogP contribution is 2.37. The summed E-state index contributed by atoms with van der Waals surface area (Å²) in [6.45, 7) is 0. The first-order valence-electron chi connectivity index (χ1n) is 8.10. The lowest BCUT2D eigenvalue weighted by atomic mass is 9.91. The number of benzene rings is 2. The Kier molecular flexibility index (Phi) is 3.96. The van der Waals surface area contributed by atoms with Crippen molar-refractivity contribution in [2.24, 2.45) is 0 Å². The number of fused-ring (bicyclic) bond motifs is 3. The maximum Gasteiger partial charge on any atom is 0.257 e. The molecule has 2 aromatic carbocycles.